The third kappa shape index (κ3) is 8.65. The van der Waals surface area contributed by atoms with Crippen LogP contribution < -0.4 is 9.62 Å². The molecule has 0 aliphatic carbocycles. The first-order chi connectivity index (χ1) is 25.5. The predicted octanol–water partition coefficient (Wildman–Crippen LogP) is 7.93. The summed E-state index contributed by atoms with van der Waals surface area (Å²) >= 11 is 13.0. The highest BCUT2D eigenvalue weighted by atomic mass is 35.5. The number of nitrogens with zero attached hydrogens (tertiary/aromatic N) is 4. The smallest absolute Gasteiger partial charge is 0.265 e. The molecule has 0 unspecified atom stereocenters. The van der Waals surface area contributed by atoms with E-state index in [4.69, 9.17) is 28.2 Å². The minimum Gasteiger partial charge on any atom is -0.394 e. The number of halogens is 2. The summed E-state index contributed by atoms with van der Waals surface area (Å²) in [5.74, 6) is -0.973. The minimum absolute atomic E-state index is 0.0689. The fourth-order valence-electron chi connectivity index (χ4n) is 6.38. The van der Waals surface area contributed by atoms with Crippen LogP contribution in [0.1, 0.15) is 72.4 Å². The molecule has 0 saturated carbocycles. The van der Waals surface area contributed by atoms with E-state index in [1.54, 1.807) is 35.2 Å². The average Bonchev–Trinajstić information content (AvgIpc) is 3.17. The Labute approximate surface area is 320 Å². The topological polar surface area (TPSA) is 133 Å². The molecule has 2 amide bonds. The van der Waals surface area contributed by atoms with Gasteiger partial charge < -0.3 is 14.9 Å². The van der Waals surface area contributed by atoms with Crippen molar-refractivity contribution in [3.63, 3.8) is 0 Å². The van der Waals surface area contributed by atoms with Crippen LogP contribution in [0.4, 0.5) is 5.95 Å². The molecule has 1 aliphatic heterocycles. The Hall–Kier alpha value is -4.55. The van der Waals surface area contributed by atoms with E-state index in [1.165, 1.54) is 30.5 Å². The number of sulfonamides is 1. The molecule has 2 heterocycles. The molecule has 0 fully saturated rings. The highest BCUT2D eigenvalue weighted by Gasteiger charge is 2.32. The zero-order chi connectivity index (χ0) is 38.3. The number of carbonyl (C=O) groups excluding carboxylic acids is 2. The van der Waals surface area contributed by atoms with Gasteiger partial charge in [0.1, 0.15) is 0 Å². The maximum Gasteiger partial charge on any atom is 0.265 e. The summed E-state index contributed by atoms with van der Waals surface area (Å²) in [6.45, 7) is 9.48. The summed E-state index contributed by atoms with van der Waals surface area (Å²) in [6, 6.07) is 21.1. The van der Waals surface area contributed by atoms with Crippen molar-refractivity contribution in [1.29, 1.82) is 0 Å². The second-order valence-corrected chi connectivity index (χ2v) is 14.9. The first-order valence-corrected chi connectivity index (χ1v) is 19.9. The number of carbonyl (C=O) groups is 2. The molecule has 4 aromatic carbocycles. The van der Waals surface area contributed by atoms with Gasteiger partial charge in [0.15, 0.2) is 0 Å². The molecule has 0 radical (unpaired) electrons. The molecule has 10 nitrogen and oxygen atoms in total. The maximum absolute atomic E-state index is 14.6. The Morgan fingerprint density at radius 3 is 2.34 bits per heavy atom. The molecular formula is C40H43Cl2N5O5S. The highest BCUT2D eigenvalue weighted by Crippen LogP contribution is 2.34. The molecule has 53 heavy (non-hydrogen) atoms. The zero-order valence-electron chi connectivity index (χ0n) is 30.1. The standard InChI is InChI=1S/C38H37Cl2N5O5S.C2H6/c1-3-16-44(17-4-2)38-41-21-34(40)35(42-38)30-15-13-26(19-32(30)37(48)45-22-27-9-6-5-8-25(27)18-28(45)23-46)36(47)43-51(49,50)29-14-12-24-10-7-11-33(39)31(24)20-29;1-2/h5-15,19-21,28,46H,3-4,16-18,22-23H2,1-2H3,(H,43,47);1-2H3/t28-;/m0./s1. The highest BCUT2D eigenvalue weighted by molar-refractivity contribution is 7.90. The van der Waals surface area contributed by atoms with E-state index in [0.717, 1.165) is 29.4 Å². The molecule has 278 valence electrons. The van der Waals surface area contributed by atoms with Gasteiger partial charge >= 0.3 is 0 Å². The van der Waals surface area contributed by atoms with Crippen molar-refractivity contribution in [2.75, 3.05) is 24.6 Å². The van der Waals surface area contributed by atoms with Crippen LogP contribution in [0, 0.1) is 0 Å². The van der Waals surface area contributed by atoms with Crippen molar-refractivity contribution < 1.29 is 23.1 Å². The molecule has 13 heteroatoms. The number of aromatic nitrogens is 2. The van der Waals surface area contributed by atoms with Crippen LogP contribution in [0.3, 0.4) is 0 Å². The fraction of sp³-hybridized carbons (Fsp3) is 0.300. The summed E-state index contributed by atoms with van der Waals surface area (Å²) in [5, 5.41) is 12.2. The lowest BCUT2D eigenvalue weighted by Gasteiger charge is -2.36. The molecule has 0 saturated heterocycles. The largest absolute Gasteiger partial charge is 0.394 e. The third-order valence-corrected chi connectivity index (χ3v) is 10.9. The molecular weight excluding hydrogens is 733 g/mol. The van der Waals surface area contributed by atoms with Gasteiger partial charge in [-0.15, -0.1) is 0 Å². The Balaban J connectivity index is 0.00000266. The number of amides is 2. The van der Waals surface area contributed by atoms with Crippen molar-refractivity contribution in [3.05, 3.63) is 117 Å². The fourth-order valence-corrected chi connectivity index (χ4v) is 7.81. The third-order valence-electron chi connectivity index (χ3n) is 8.93. The van der Waals surface area contributed by atoms with Gasteiger partial charge in [-0.2, -0.15) is 0 Å². The van der Waals surface area contributed by atoms with Crippen molar-refractivity contribution in [1.82, 2.24) is 19.6 Å². The van der Waals surface area contributed by atoms with E-state index in [1.807, 2.05) is 43.0 Å². The monoisotopic (exact) mass is 775 g/mol. The average molecular weight is 777 g/mol. The maximum atomic E-state index is 14.6. The van der Waals surface area contributed by atoms with Gasteiger partial charge in [0.05, 0.1) is 34.5 Å². The number of hydrogen-bond acceptors (Lipinski definition) is 8. The minimum atomic E-state index is -4.34. The summed E-state index contributed by atoms with van der Waals surface area (Å²) in [5.41, 5.74) is 2.58. The van der Waals surface area contributed by atoms with Crippen LogP contribution in [0.2, 0.25) is 10.0 Å². The zero-order valence-corrected chi connectivity index (χ0v) is 32.5. The Morgan fingerprint density at radius 1 is 0.925 bits per heavy atom. The second kappa shape index (κ2) is 17.5. The van der Waals surface area contributed by atoms with Gasteiger partial charge in [0.25, 0.3) is 21.8 Å². The SMILES string of the molecule is CC.CCCN(CCC)c1ncc(Cl)c(-c2ccc(C(=O)NS(=O)(=O)c3ccc4cccc(Cl)c4c3)cc2C(=O)N2Cc3ccccc3C[C@H]2CO)n1. The van der Waals surface area contributed by atoms with Gasteiger partial charge in [0, 0.05) is 46.7 Å². The van der Waals surface area contributed by atoms with E-state index < -0.39 is 27.9 Å². The summed E-state index contributed by atoms with van der Waals surface area (Å²) < 4.78 is 29.1. The Bertz CT molecular complexity index is 2230. The molecule has 6 rings (SSSR count). The summed E-state index contributed by atoms with van der Waals surface area (Å²) in [4.78, 5) is 41.0. The molecule has 1 atom stereocenters. The van der Waals surface area contributed by atoms with Crippen LogP contribution >= 0.6 is 23.2 Å². The van der Waals surface area contributed by atoms with Gasteiger partial charge in [-0.3, -0.25) is 9.59 Å². The van der Waals surface area contributed by atoms with Gasteiger partial charge in [-0.05, 0) is 66.1 Å². The van der Waals surface area contributed by atoms with Gasteiger partial charge in [0.2, 0.25) is 5.95 Å². The van der Waals surface area contributed by atoms with E-state index >= 15 is 0 Å². The lowest BCUT2D eigenvalue weighted by molar-refractivity contribution is 0.0545. The molecule has 0 bridgehead atoms. The van der Waals surface area contributed by atoms with E-state index in [-0.39, 0.29) is 39.9 Å². The van der Waals surface area contributed by atoms with Gasteiger partial charge in [-0.1, -0.05) is 99.4 Å². The number of hydrogen-bond donors (Lipinski definition) is 2. The Kier molecular flexibility index (Phi) is 13.1. The van der Waals surface area contributed by atoms with Crippen LogP contribution in [0.25, 0.3) is 22.0 Å². The van der Waals surface area contributed by atoms with Crippen LogP contribution in [-0.2, 0) is 23.0 Å². The van der Waals surface area contributed by atoms with Crippen molar-refractivity contribution in [2.24, 2.45) is 0 Å². The Morgan fingerprint density at radius 2 is 1.64 bits per heavy atom. The lowest BCUT2D eigenvalue weighted by Crippen LogP contribution is -2.46. The van der Waals surface area contributed by atoms with Gasteiger partial charge in [-0.25, -0.2) is 23.1 Å². The summed E-state index contributed by atoms with van der Waals surface area (Å²) in [6.07, 6.45) is 3.65. The van der Waals surface area contributed by atoms with Crippen LogP contribution in [-0.4, -0.2) is 65.9 Å². The number of rotatable bonds is 11. The number of nitrogens with one attached hydrogen (secondary N) is 1. The van der Waals surface area contributed by atoms with E-state index in [2.05, 4.69) is 23.6 Å². The molecule has 2 N–H and O–H groups in total. The van der Waals surface area contributed by atoms with Crippen LogP contribution in [0.5, 0.6) is 0 Å². The van der Waals surface area contributed by atoms with Crippen molar-refractivity contribution >= 4 is 61.8 Å². The summed E-state index contributed by atoms with van der Waals surface area (Å²) in [7, 11) is -4.34. The molecule has 5 aromatic rings. The predicted molar refractivity (Wildman–Crippen MR) is 211 cm³/mol. The van der Waals surface area contributed by atoms with Crippen LogP contribution in [0.15, 0.2) is 90.0 Å². The first kappa shape index (κ1) is 39.7. The number of fused-ring (bicyclic) bond motifs is 2. The quantitative estimate of drug-likeness (QED) is 0.138. The number of aliphatic hydroxyl groups excluding tert-OH is 1. The van der Waals surface area contributed by atoms with E-state index in [0.29, 0.717) is 41.4 Å². The molecule has 1 aliphatic rings. The first-order valence-electron chi connectivity index (χ1n) is 17.7. The lowest BCUT2D eigenvalue weighted by atomic mass is 9.92. The number of benzene rings is 4. The second-order valence-electron chi connectivity index (χ2n) is 12.4. The van der Waals surface area contributed by atoms with Crippen molar-refractivity contribution in [3.8, 4) is 11.3 Å². The number of anilines is 1. The number of aliphatic hydroxyl groups is 1. The normalized spacial score (nSPS) is 13.9. The van der Waals surface area contributed by atoms with Crippen molar-refractivity contribution in [2.45, 2.75) is 64.4 Å². The molecule has 1 aromatic heterocycles. The van der Waals surface area contributed by atoms with E-state index in [9.17, 15) is 23.1 Å². The molecule has 0 spiro atoms.